The van der Waals surface area contributed by atoms with Gasteiger partial charge in [-0.3, -0.25) is 4.79 Å². The second-order valence-corrected chi connectivity index (χ2v) is 3.78. The number of carbonyl (C=O) groups excluding carboxylic acids is 2. The molecule has 0 bridgehead atoms. The van der Waals surface area contributed by atoms with Crippen molar-refractivity contribution in [3.05, 3.63) is 0 Å². The zero-order chi connectivity index (χ0) is 10.8. The van der Waals surface area contributed by atoms with Crippen LogP contribution in [0.15, 0.2) is 0 Å². The van der Waals surface area contributed by atoms with Crippen molar-refractivity contribution in [2.75, 3.05) is 0 Å². The molecule has 0 aliphatic carbocycles. The van der Waals surface area contributed by atoms with E-state index >= 15 is 0 Å². The van der Waals surface area contributed by atoms with Gasteiger partial charge in [-0.05, 0) is 12.8 Å². The number of rotatable bonds is 9. The van der Waals surface area contributed by atoms with Crippen molar-refractivity contribution in [2.45, 2.75) is 58.8 Å². The normalized spacial score (nSPS) is 12.4. The molecule has 0 radical (unpaired) electrons. The molecule has 1 atom stereocenters. The minimum absolute atomic E-state index is 0.124. The number of hydrogen-bond donors (Lipinski definition) is 0. The number of ketones is 1. The Balaban J connectivity index is 3.47. The van der Waals surface area contributed by atoms with Crippen molar-refractivity contribution in [3.8, 4) is 0 Å². The summed E-state index contributed by atoms with van der Waals surface area (Å²) in [5.41, 5.74) is 0. The summed E-state index contributed by atoms with van der Waals surface area (Å²) in [6.45, 7) is 4.05. The third kappa shape index (κ3) is 5.90. The maximum atomic E-state index is 11.4. The van der Waals surface area contributed by atoms with Crippen LogP contribution in [-0.4, -0.2) is 12.1 Å². The average Bonchev–Trinajstić information content (AvgIpc) is 2.19. The Labute approximate surface area is 87.1 Å². The number of carbonyl (C=O) groups is 2. The van der Waals surface area contributed by atoms with Crippen LogP contribution in [0, 0.1) is 5.92 Å². The van der Waals surface area contributed by atoms with Crippen LogP contribution in [0.3, 0.4) is 0 Å². The van der Waals surface area contributed by atoms with Crippen LogP contribution in [0.1, 0.15) is 58.8 Å². The van der Waals surface area contributed by atoms with Crippen LogP contribution in [0.5, 0.6) is 0 Å². The van der Waals surface area contributed by atoms with Crippen LogP contribution in [-0.2, 0) is 9.59 Å². The molecule has 0 spiro atoms. The van der Waals surface area contributed by atoms with Crippen molar-refractivity contribution >= 4 is 12.1 Å². The van der Waals surface area contributed by atoms with Gasteiger partial charge in [-0.1, -0.05) is 39.5 Å². The summed E-state index contributed by atoms with van der Waals surface area (Å²) in [6.07, 6.45) is 7.77. The Morgan fingerprint density at radius 1 is 1.14 bits per heavy atom. The largest absolute Gasteiger partial charge is 0.303 e. The summed E-state index contributed by atoms with van der Waals surface area (Å²) in [5.74, 6) is -0.222. The third-order valence-corrected chi connectivity index (χ3v) is 2.54. The molecule has 0 aromatic carbocycles. The van der Waals surface area contributed by atoms with Crippen molar-refractivity contribution in [2.24, 2.45) is 5.92 Å². The molecule has 2 nitrogen and oxygen atoms in total. The third-order valence-electron chi connectivity index (χ3n) is 2.54. The van der Waals surface area contributed by atoms with Crippen LogP contribution in [0.2, 0.25) is 0 Å². The summed E-state index contributed by atoms with van der Waals surface area (Å²) < 4.78 is 0. The number of unbranched alkanes of at least 4 members (excludes halogenated alkanes) is 4. The van der Waals surface area contributed by atoms with Gasteiger partial charge in [0.1, 0.15) is 12.1 Å². The highest BCUT2D eigenvalue weighted by Crippen LogP contribution is 2.10. The van der Waals surface area contributed by atoms with Gasteiger partial charge in [0.15, 0.2) is 0 Å². The van der Waals surface area contributed by atoms with Crippen LogP contribution in [0.4, 0.5) is 0 Å². The topological polar surface area (TPSA) is 34.1 Å². The molecule has 0 saturated carbocycles. The molecule has 0 rings (SSSR count). The second-order valence-electron chi connectivity index (χ2n) is 3.78. The second kappa shape index (κ2) is 8.92. The Kier molecular flexibility index (Phi) is 8.50. The van der Waals surface area contributed by atoms with Crippen molar-refractivity contribution in [3.63, 3.8) is 0 Å². The molecule has 0 aliphatic rings. The van der Waals surface area contributed by atoms with E-state index in [1.165, 1.54) is 19.3 Å². The van der Waals surface area contributed by atoms with Gasteiger partial charge in [0.25, 0.3) is 0 Å². The van der Waals surface area contributed by atoms with E-state index in [1.807, 2.05) is 6.92 Å². The fourth-order valence-electron chi connectivity index (χ4n) is 1.49. The first-order valence-electron chi connectivity index (χ1n) is 5.74. The highest BCUT2D eigenvalue weighted by atomic mass is 16.1. The van der Waals surface area contributed by atoms with E-state index in [4.69, 9.17) is 0 Å². The van der Waals surface area contributed by atoms with Gasteiger partial charge in [-0.2, -0.15) is 0 Å². The zero-order valence-electron chi connectivity index (χ0n) is 9.42. The lowest BCUT2D eigenvalue weighted by Crippen LogP contribution is -2.14. The minimum atomic E-state index is -0.346. The predicted octanol–water partition coefficient (Wildman–Crippen LogP) is 3.14. The molecule has 0 amide bonds. The Bertz CT molecular complexity index is 164. The highest BCUT2D eigenvalue weighted by Gasteiger charge is 2.13. The Morgan fingerprint density at radius 3 is 2.29 bits per heavy atom. The first kappa shape index (κ1) is 13.3. The van der Waals surface area contributed by atoms with E-state index in [9.17, 15) is 9.59 Å². The fourth-order valence-corrected chi connectivity index (χ4v) is 1.49. The van der Waals surface area contributed by atoms with E-state index in [0.29, 0.717) is 12.8 Å². The van der Waals surface area contributed by atoms with E-state index in [-0.39, 0.29) is 11.7 Å². The van der Waals surface area contributed by atoms with Crippen molar-refractivity contribution in [1.82, 2.24) is 0 Å². The van der Waals surface area contributed by atoms with E-state index < -0.39 is 0 Å². The molecular weight excluding hydrogens is 176 g/mol. The predicted molar refractivity (Wildman–Crippen MR) is 58.2 cm³/mol. The molecule has 0 heterocycles. The van der Waals surface area contributed by atoms with Gasteiger partial charge < -0.3 is 4.79 Å². The summed E-state index contributed by atoms with van der Waals surface area (Å²) in [4.78, 5) is 21.9. The fraction of sp³-hybridized carbons (Fsp3) is 0.833. The van der Waals surface area contributed by atoms with Crippen LogP contribution in [0.25, 0.3) is 0 Å². The maximum Gasteiger partial charge on any atom is 0.143 e. The Hall–Kier alpha value is -0.660. The van der Waals surface area contributed by atoms with Gasteiger partial charge in [-0.25, -0.2) is 0 Å². The summed E-state index contributed by atoms with van der Waals surface area (Å²) in [6, 6.07) is 0. The number of aldehydes is 1. The molecule has 0 aliphatic heterocycles. The quantitative estimate of drug-likeness (QED) is 0.324. The van der Waals surface area contributed by atoms with Crippen LogP contribution >= 0.6 is 0 Å². The molecule has 0 saturated heterocycles. The zero-order valence-corrected chi connectivity index (χ0v) is 9.42. The molecule has 14 heavy (non-hydrogen) atoms. The number of hydrogen-bond acceptors (Lipinski definition) is 2. The van der Waals surface area contributed by atoms with E-state index in [2.05, 4.69) is 6.92 Å². The minimum Gasteiger partial charge on any atom is -0.303 e. The molecule has 0 N–H and O–H groups in total. The first-order valence-corrected chi connectivity index (χ1v) is 5.74. The Morgan fingerprint density at radius 2 is 1.79 bits per heavy atom. The van der Waals surface area contributed by atoms with Crippen molar-refractivity contribution < 1.29 is 9.59 Å². The van der Waals surface area contributed by atoms with Crippen molar-refractivity contribution in [1.29, 1.82) is 0 Å². The van der Waals surface area contributed by atoms with Gasteiger partial charge in [0.05, 0.1) is 5.92 Å². The first-order chi connectivity index (χ1) is 6.76. The summed E-state index contributed by atoms with van der Waals surface area (Å²) >= 11 is 0. The molecule has 1 unspecified atom stereocenters. The van der Waals surface area contributed by atoms with Crippen LogP contribution < -0.4 is 0 Å². The lowest BCUT2D eigenvalue weighted by Gasteiger charge is -2.05. The smallest absolute Gasteiger partial charge is 0.143 e. The van der Waals surface area contributed by atoms with Gasteiger partial charge in [0, 0.05) is 6.42 Å². The number of Topliss-reactive ketones (excluding diaryl/α,β-unsaturated/α-hetero) is 1. The standard InChI is InChI=1S/C12H22O2/c1-3-5-6-7-8-9-12(14)11(4-2)10-13/h10-11H,3-9H2,1-2H3. The lowest BCUT2D eigenvalue weighted by atomic mass is 9.98. The monoisotopic (exact) mass is 198 g/mol. The molecule has 0 fully saturated rings. The maximum absolute atomic E-state index is 11.4. The average molecular weight is 198 g/mol. The van der Waals surface area contributed by atoms with Gasteiger partial charge in [-0.15, -0.1) is 0 Å². The molecule has 82 valence electrons. The van der Waals surface area contributed by atoms with Gasteiger partial charge in [0.2, 0.25) is 0 Å². The molecule has 2 heteroatoms. The molecular formula is C12H22O2. The molecule has 0 aromatic heterocycles. The van der Waals surface area contributed by atoms with E-state index in [1.54, 1.807) is 0 Å². The molecule has 0 aromatic rings. The summed E-state index contributed by atoms with van der Waals surface area (Å²) in [7, 11) is 0. The van der Waals surface area contributed by atoms with E-state index in [0.717, 1.165) is 19.1 Å². The SMILES string of the molecule is CCCCCCCC(=O)C(C=O)CC. The van der Waals surface area contributed by atoms with Gasteiger partial charge >= 0.3 is 0 Å². The lowest BCUT2D eigenvalue weighted by molar-refractivity contribution is -0.127. The highest BCUT2D eigenvalue weighted by molar-refractivity contribution is 5.93. The summed E-state index contributed by atoms with van der Waals surface area (Å²) in [5, 5.41) is 0.